The molecule has 2 aromatic rings. The average molecular weight is 335 g/mol. The highest BCUT2D eigenvalue weighted by Crippen LogP contribution is 2.32. The van der Waals surface area contributed by atoms with Gasteiger partial charge in [0.05, 0.1) is 25.1 Å². The van der Waals surface area contributed by atoms with E-state index in [9.17, 15) is 10.1 Å². The summed E-state index contributed by atoms with van der Waals surface area (Å²) in [5.74, 6) is -0.135. The van der Waals surface area contributed by atoms with Gasteiger partial charge < -0.3 is 9.64 Å². The second-order valence-corrected chi connectivity index (χ2v) is 6.14. The lowest BCUT2D eigenvalue weighted by molar-refractivity contribution is 0.0592. The summed E-state index contributed by atoms with van der Waals surface area (Å²) in [5.41, 5.74) is 1.40. The number of carbonyl (C=O) groups excluding carboxylic acids is 1. The molecule has 3 rings (SSSR count). The van der Waals surface area contributed by atoms with Crippen molar-refractivity contribution < 1.29 is 9.53 Å². The number of aromatic nitrogens is 1. The minimum atomic E-state index is -0.340. The molecule has 0 N–H and O–H groups in total. The molecule has 2 heterocycles. The van der Waals surface area contributed by atoms with Gasteiger partial charge in [0.15, 0.2) is 0 Å². The first-order chi connectivity index (χ1) is 12.3. The third kappa shape index (κ3) is 3.48. The molecule has 1 aromatic carbocycles. The van der Waals surface area contributed by atoms with Gasteiger partial charge in [-0.2, -0.15) is 5.26 Å². The first kappa shape index (κ1) is 17.0. The van der Waals surface area contributed by atoms with Crippen molar-refractivity contribution in [3.8, 4) is 11.9 Å². The summed E-state index contributed by atoms with van der Waals surface area (Å²) in [6.45, 7) is 0.645. The number of nitrogens with zero attached hydrogens (tertiary/aromatic N) is 3. The van der Waals surface area contributed by atoms with Crippen LogP contribution in [-0.2, 0) is 0 Å². The Labute approximate surface area is 147 Å². The molecule has 0 spiro atoms. The molecule has 1 fully saturated rings. The van der Waals surface area contributed by atoms with Crippen molar-refractivity contribution in [2.45, 2.75) is 31.2 Å². The highest BCUT2D eigenvalue weighted by molar-refractivity contribution is 5.96. The molecule has 2 atom stereocenters. The Morgan fingerprint density at radius 1 is 1.28 bits per heavy atom. The van der Waals surface area contributed by atoms with Crippen LogP contribution in [0.1, 0.15) is 41.1 Å². The molecule has 1 aliphatic rings. The predicted octanol–water partition coefficient (Wildman–Crippen LogP) is 3.39. The van der Waals surface area contributed by atoms with Crippen LogP contribution in [-0.4, -0.2) is 35.5 Å². The molecule has 0 bridgehead atoms. The number of amides is 1. The van der Waals surface area contributed by atoms with Gasteiger partial charge in [0, 0.05) is 12.7 Å². The fourth-order valence-corrected chi connectivity index (χ4v) is 3.47. The van der Waals surface area contributed by atoms with E-state index in [-0.39, 0.29) is 17.9 Å². The standard InChI is InChI=1S/C20H21N3O2/c1-25-19-16(10-7-12-22-19)20(24)23-13-6-5-11-18(23)17(14-21)15-8-3-2-4-9-15/h2-4,7-10,12,17-18H,5-6,11,13H2,1H3/t17-,18-/m0/s1. The van der Waals surface area contributed by atoms with Crippen LogP contribution in [0.15, 0.2) is 48.7 Å². The minimum Gasteiger partial charge on any atom is -0.480 e. The molecule has 128 valence electrons. The molecule has 1 aromatic heterocycles. The third-order valence-electron chi connectivity index (χ3n) is 4.69. The van der Waals surface area contributed by atoms with Crippen molar-refractivity contribution in [2.75, 3.05) is 13.7 Å². The lowest BCUT2D eigenvalue weighted by Gasteiger charge is -2.38. The monoisotopic (exact) mass is 335 g/mol. The van der Waals surface area contributed by atoms with Gasteiger partial charge in [0.2, 0.25) is 5.88 Å². The van der Waals surface area contributed by atoms with Crippen molar-refractivity contribution in [1.29, 1.82) is 5.26 Å². The van der Waals surface area contributed by atoms with Crippen LogP contribution < -0.4 is 4.74 Å². The van der Waals surface area contributed by atoms with E-state index in [2.05, 4.69) is 11.1 Å². The van der Waals surface area contributed by atoms with E-state index in [0.29, 0.717) is 18.0 Å². The van der Waals surface area contributed by atoms with Gasteiger partial charge in [-0.3, -0.25) is 4.79 Å². The Bertz CT molecular complexity index is 770. The van der Waals surface area contributed by atoms with E-state index in [1.54, 1.807) is 18.3 Å². The molecule has 1 saturated heterocycles. The van der Waals surface area contributed by atoms with E-state index < -0.39 is 0 Å². The maximum absolute atomic E-state index is 13.1. The molecule has 1 amide bonds. The largest absolute Gasteiger partial charge is 0.480 e. The fourth-order valence-electron chi connectivity index (χ4n) is 3.47. The molecule has 0 radical (unpaired) electrons. The number of piperidine rings is 1. The van der Waals surface area contributed by atoms with E-state index in [1.165, 1.54) is 7.11 Å². The number of carbonyl (C=O) groups is 1. The maximum atomic E-state index is 13.1. The summed E-state index contributed by atoms with van der Waals surface area (Å²) in [5, 5.41) is 9.78. The molecule has 0 aliphatic carbocycles. The molecule has 0 unspecified atom stereocenters. The SMILES string of the molecule is COc1ncccc1C(=O)N1CCCC[C@H]1[C@@H](C#N)c1ccccc1. The number of benzene rings is 1. The molecular formula is C20H21N3O2. The van der Waals surface area contributed by atoms with Gasteiger partial charge in [-0.05, 0) is 37.0 Å². The quantitative estimate of drug-likeness (QED) is 0.859. The normalized spacial score (nSPS) is 18.2. The maximum Gasteiger partial charge on any atom is 0.259 e. The molecule has 0 saturated carbocycles. The number of hydrogen-bond donors (Lipinski definition) is 0. The van der Waals surface area contributed by atoms with Crippen LogP contribution in [0.5, 0.6) is 5.88 Å². The smallest absolute Gasteiger partial charge is 0.259 e. The van der Waals surface area contributed by atoms with E-state index >= 15 is 0 Å². The molecule has 5 heteroatoms. The van der Waals surface area contributed by atoms with E-state index in [4.69, 9.17) is 4.74 Å². The topological polar surface area (TPSA) is 66.2 Å². The van der Waals surface area contributed by atoms with Gasteiger partial charge in [0.1, 0.15) is 5.56 Å². The molecular weight excluding hydrogens is 314 g/mol. The van der Waals surface area contributed by atoms with Gasteiger partial charge in [-0.1, -0.05) is 30.3 Å². The van der Waals surface area contributed by atoms with Crippen molar-refractivity contribution in [3.05, 3.63) is 59.8 Å². The number of likely N-dealkylation sites (tertiary alicyclic amines) is 1. The van der Waals surface area contributed by atoms with Crippen LogP contribution in [0.25, 0.3) is 0 Å². The summed E-state index contributed by atoms with van der Waals surface area (Å²) in [6.07, 6.45) is 4.38. The lowest BCUT2D eigenvalue weighted by atomic mass is 9.85. The van der Waals surface area contributed by atoms with Gasteiger partial charge in [-0.15, -0.1) is 0 Å². The number of rotatable bonds is 4. The Balaban J connectivity index is 1.93. The zero-order valence-corrected chi connectivity index (χ0v) is 14.3. The van der Waals surface area contributed by atoms with Crippen LogP contribution in [0.3, 0.4) is 0 Å². The number of pyridine rings is 1. The van der Waals surface area contributed by atoms with Gasteiger partial charge in [-0.25, -0.2) is 4.98 Å². The first-order valence-corrected chi connectivity index (χ1v) is 8.50. The Morgan fingerprint density at radius 3 is 2.80 bits per heavy atom. The Kier molecular flexibility index (Phi) is 5.30. The summed E-state index contributed by atoms with van der Waals surface area (Å²) < 4.78 is 5.24. The van der Waals surface area contributed by atoms with E-state index in [1.807, 2.05) is 35.2 Å². The third-order valence-corrected chi connectivity index (χ3v) is 4.69. The van der Waals surface area contributed by atoms with E-state index in [0.717, 1.165) is 24.8 Å². The molecule has 5 nitrogen and oxygen atoms in total. The predicted molar refractivity (Wildman–Crippen MR) is 94.3 cm³/mol. The second kappa shape index (κ2) is 7.80. The van der Waals surface area contributed by atoms with Crippen molar-refractivity contribution >= 4 is 5.91 Å². The Morgan fingerprint density at radius 2 is 2.08 bits per heavy atom. The fraction of sp³-hybridized carbons (Fsp3) is 0.350. The average Bonchev–Trinajstić information content (AvgIpc) is 2.69. The van der Waals surface area contributed by atoms with Gasteiger partial charge in [0.25, 0.3) is 5.91 Å². The zero-order valence-electron chi connectivity index (χ0n) is 14.3. The van der Waals surface area contributed by atoms with Crippen molar-refractivity contribution in [3.63, 3.8) is 0 Å². The summed E-state index contributed by atoms with van der Waals surface area (Å²) in [4.78, 5) is 19.1. The van der Waals surface area contributed by atoms with Crippen LogP contribution in [0.2, 0.25) is 0 Å². The second-order valence-electron chi connectivity index (χ2n) is 6.14. The van der Waals surface area contributed by atoms with Crippen LogP contribution >= 0.6 is 0 Å². The van der Waals surface area contributed by atoms with Crippen LogP contribution in [0, 0.1) is 11.3 Å². The molecule has 25 heavy (non-hydrogen) atoms. The number of ether oxygens (including phenoxy) is 1. The number of hydrogen-bond acceptors (Lipinski definition) is 4. The molecule has 1 aliphatic heterocycles. The Hall–Kier alpha value is -2.87. The lowest BCUT2D eigenvalue weighted by Crippen LogP contribution is -2.46. The summed E-state index contributed by atoms with van der Waals surface area (Å²) >= 11 is 0. The highest BCUT2D eigenvalue weighted by Gasteiger charge is 2.35. The van der Waals surface area contributed by atoms with Crippen LogP contribution in [0.4, 0.5) is 0 Å². The van der Waals surface area contributed by atoms with Gasteiger partial charge >= 0.3 is 0 Å². The number of nitriles is 1. The summed E-state index contributed by atoms with van der Waals surface area (Å²) in [6, 6.07) is 15.4. The highest BCUT2D eigenvalue weighted by atomic mass is 16.5. The van der Waals surface area contributed by atoms with Crippen molar-refractivity contribution in [1.82, 2.24) is 9.88 Å². The first-order valence-electron chi connectivity index (χ1n) is 8.50. The van der Waals surface area contributed by atoms with Crippen molar-refractivity contribution in [2.24, 2.45) is 0 Å². The minimum absolute atomic E-state index is 0.120. The number of methoxy groups -OCH3 is 1. The zero-order chi connectivity index (χ0) is 17.6. The summed E-state index contributed by atoms with van der Waals surface area (Å²) in [7, 11) is 1.51.